The summed E-state index contributed by atoms with van der Waals surface area (Å²) >= 11 is 0. The van der Waals surface area contributed by atoms with E-state index in [0.717, 1.165) is 64.3 Å². The number of methoxy groups -OCH3 is 1. The fourth-order valence-electron chi connectivity index (χ4n) is 6.01. The Morgan fingerprint density at radius 3 is 3.06 bits per heavy atom. The minimum atomic E-state index is -0.0508. The number of rotatable bonds is 8. The number of hydrazine groups is 1. The van der Waals surface area contributed by atoms with Gasteiger partial charge in [0, 0.05) is 56.3 Å². The second kappa shape index (κ2) is 12.0. The monoisotopic (exact) mass is 500 g/mol. The predicted octanol–water partition coefficient (Wildman–Crippen LogP) is 0.384. The number of hydrogen-bond acceptors (Lipinski definition) is 8. The van der Waals surface area contributed by atoms with Crippen molar-refractivity contribution in [1.29, 1.82) is 0 Å². The second-order valence-electron chi connectivity index (χ2n) is 10.2. The molecular weight excluding hydrogens is 458 g/mol. The van der Waals surface area contributed by atoms with Gasteiger partial charge in [-0.3, -0.25) is 15.0 Å². The van der Waals surface area contributed by atoms with Gasteiger partial charge in [-0.15, -0.1) is 0 Å². The maximum Gasteiger partial charge on any atom is 0.251 e. The Morgan fingerprint density at radius 1 is 1.28 bits per heavy atom. The minimum Gasteiger partial charge on any atom is -0.382 e. The first-order chi connectivity index (χ1) is 17.7. The largest absolute Gasteiger partial charge is 0.382 e. The summed E-state index contributed by atoms with van der Waals surface area (Å²) in [4.78, 5) is 15.3. The Bertz CT molecular complexity index is 929. The van der Waals surface area contributed by atoms with Crippen molar-refractivity contribution in [3.8, 4) is 0 Å². The molecule has 0 aromatic heterocycles. The maximum atomic E-state index is 12.8. The van der Waals surface area contributed by atoms with Gasteiger partial charge in [-0.1, -0.05) is 6.07 Å². The van der Waals surface area contributed by atoms with E-state index in [1.165, 1.54) is 0 Å². The summed E-state index contributed by atoms with van der Waals surface area (Å²) in [6, 6.07) is 7.74. The molecule has 1 aromatic rings. The van der Waals surface area contributed by atoms with E-state index in [9.17, 15) is 4.79 Å². The van der Waals surface area contributed by atoms with Crippen molar-refractivity contribution in [2.45, 2.75) is 50.8 Å². The van der Waals surface area contributed by atoms with Crippen LogP contribution in [0.25, 0.3) is 0 Å². The first kappa shape index (κ1) is 25.6. The van der Waals surface area contributed by atoms with Gasteiger partial charge < -0.3 is 20.1 Å². The van der Waals surface area contributed by atoms with E-state index in [-0.39, 0.29) is 36.5 Å². The summed E-state index contributed by atoms with van der Waals surface area (Å²) in [6.45, 7) is 8.20. The molecule has 1 amide bonds. The van der Waals surface area contributed by atoms with Crippen molar-refractivity contribution in [2.24, 2.45) is 11.8 Å². The van der Waals surface area contributed by atoms with E-state index in [0.29, 0.717) is 18.0 Å². The molecule has 0 saturated carbocycles. The molecule has 5 N–H and O–H groups in total. The lowest BCUT2D eigenvalue weighted by Gasteiger charge is -2.32. The summed E-state index contributed by atoms with van der Waals surface area (Å²) in [7, 11) is 1.72. The molecule has 10 nitrogen and oxygen atoms in total. The third-order valence-corrected chi connectivity index (χ3v) is 8.08. The molecular formula is C26H42N7O3+. The Hall–Kier alpha value is -2.08. The zero-order valence-electron chi connectivity index (χ0n) is 21.5. The molecule has 4 aliphatic heterocycles. The van der Waals surface area contributed by atoms with Crippen LogP contribution in [0.3, 0.4) is 0 Å². The van der Waals surface area contributed by atoms with Crippen LogP contribution in [0.4, 0.5) is 5.69 Å². The molecule has 6 unspecified atom stereocenters. The van der Waals surface area contributed by atoms with Crippen LogP contribution >= 0.6 is 0 Å². The number of fused-ring (bicyclic) bond motifs is 3. The quantitative estimate of drug-likeness (QED) is 0.327. The van der Waals surface area contributed by atoms with Crippen LogP contribution in [0, 0.1) is 11.8 Å². The molecule has 0 bridgehead atoms. The lowest BCUT2D eigenvalue weighted by Crippen LogP contribution is -2.50. The van der Waals surface area contributed by atoms with Gasteiger partial charge in [0.1, 0.15) is 25.4 Å². The van der Waals surface area contributed by atoms with Gasteiger partial charge in [0.15, 0.2) is 6.21 Å². The topological polar surface area (TPSA) is 102 Å². The number of amides is 1. The predicted molar refractivity (Wildman–Crippen MR) is 139 cm³/mol. The van der Waals surface area contributed by atoms with Gasteiger partial charge in [-0.2, -0.15) is 0 Å². The van der Waals surface area contributed by atoms with E-state index in [1.807, 2.05) is 24.3 Å². The van der Waals surface area contributed by atoms with Gasteiger partial charge in [-0.05, 0) is 44.5 Å². The third kappa shape index (κ3) is 5.74. The molecule has 1 aromatic carbocycles. The smallest absolute Gasteiger partial charge is 0.251 e. The molecule has 3 fully saturated rings. The molecule has 0 radical (unpaired) electrons. The fraction of sp³-hybridized carbons (Fsp3) is 0.692. The van der Waals surface area contributed by atoms with Gasteiger partial charge in [0.25, 0.3) is 5.91 Å². The molecule has 5 rings (SSSR count). The van der Waals surface area contributed by atoms with Crippen molar-refractivity contribution in [1.82, 2.24) is 26.4 Å². The number of carbonyl (C=O) groups excluding carboxylic acids is 1. The molecule has 3 saturated heterocycles. The van der Waals surface area contributed by atoms with E-state index in [1.54, 1.807) is 7.11 Å². The van der Waals surface area contributed by atoms with Gasteiger partial charge in [-0.25, -0.2) is 15.4 Å². The first-order valence-corrected chi connectivity index (χ1v) is 13.5. The Labute approximate surface area is 214 Å². The first-order valence-electron chi connectivity index (χ1n) is 13.5. The number of nitrogens with zero attached hydrogens (tertiary/aromatic N) is 2. The number of anilines is 1. The molecule has 198 valence electrons. The summed E-state index contributed by atoms with van der Waals surface area (Å²) < 4.78 is 14.1. The number of piperidine rings is 1. The Kier molecular flexibility index (Phi) is 8.51. The van der Waals surface area contributed by atoms with E-state index in [4.69, 9.17) is 9.47 Å². The lowest BCUT2D eigenvalue weighted by atomic mass is 9.92. The molecule has 0 aliphatic carbocycles. The van der Waals surface area contributed by atoms with Gasteiger partial charge in [0.2, 0.25) is 0 Å². The zero-order chi connectivity index (χ0) is 24.9. The molecule has 0 spiro atoms. The highest BCUT2D eigenvalue weighted by atomic mass is 16.5. The normalized spacial score (nSPS) is 32.7. The lowest BCUT2D eigenvalue weighted by molar-refractivity contribution is -0.529. The van der Waals surface area contributed by atoms with Crippen LogP contribution in [0.1, 0.15) is 36.5 Å². The van der Waals surface area contributed by atoms with Crippen LogP contribution in [0.15, 0.2) is 24.3 Å². The highest BCUT2D eigenvalue weighted by Crippen LogP contribution is 2.28. The Balaban J connectivity index is 1.15. The van der Waals surface area contributed by atoms with Crippen molar-refractivity contribution in [3.05, 3.63) is 29.8 Å². The van der Waals surface area contributed by atoms with Gasteiger partial charge in [0.05, 0.1) is 18.9 Å². The van der Waals surface area contributed by atoms with Crippen LogP contribution in [-0.4, -0.2) is 99.2 Å². The SMILES string of the molecule is CC[N+]1=CC2OCCN3C(CNc4cccc(C(=O)NCC5CCCNC5OC)c4)NNC3C2CC1. The van der Waals surface area contributed by atoms with Crippen LogP contribution in [0.5, 0.6) is 0 Å². The number of hydrogen-bond donors (Lipinski definition) is 5. The maximum absolute atomic E-state index is 12.8. The molecule has 6 atom stereocenters. The summed E-state index contributed by atoms with van der Waals surface area (Å²) in [5.41, 5.74) is 8.64. The minimum absolute atomic E-state index is 0.000136. The van der Waals surface area contributed by atoms with Crippen LogP contribution in [0.2, 0.25) is 0 Å². The van der Waals surface area contributed by atoms with E-state index < -0.39 is 0 Å². The standard InChI is InChI=1S/C26H41N7O3/c1-3-32-11-9-21-22(17-32)36-13-12-33-23(30-31-24(21)33)16-28-20-8-4-6-18(14-20)25(34)29-15-19-7-5-10-27-26(19)35-2/h4,6,8,14,17,19,21-24,26-28,30-31H,3,5,7,9-13,15-16H2,1-2H3/p+1. The number of carbonyl (C=O) groups is 1. The van der Waals surface area contributed by atoms with Crippen molar-refractivity contribution < 1.29 is 18.8 Å². The summed E-state index contributed by atoms with van der Waals surface area (Å²) in [5, 5.41) is 10.0. The van der Waals surface area contributed by atoms with Crippen molar-refractivity contribution in [3.63, 3.8) is 0 Å². The second-order valence-corrected chi connectivity index (χ2v) is 10.2. The zero-order valence-corrected chi connectivity index (χ0v) is 21.5. The Morgan fingerprint density at radius 2 is 2.19 bits per heavy atom. The summed E-state index contributed by atoms with van der Waals surface area (Å²) in [6.07, 6.45) is 6.10. The number of ether oxygens (including phenoxy) is 2. The number of benzene rings is 1. The average Bonchev–Trinajstić information content (AvgIpc) is 3.23. The van der Waals surface area contributed by atoms with Crippen LogP contribution < -0.4 is 26.8 Å². The van der Waals surface area contributed by atoms with Gasteiger partial charge >= 0.3 is 0 Å². The highest BCUT2D eigenvalue weighted by molar-refractivity contribution is 5.95. The molecule has 4 aliphatic rings. The average molecular weight is 501 g/mol. The molecule has 36 heavy (non-hydrogen) atoms. The van der Waals surface area contributed by atoms with Crippen molar-refractivity contribution >= 4 is 17.8 Å². The summed E-state index contributed by atoms with van der Waals surface area (Å²) in [5.74, 6) is 0.661. The van der Waals surface area contributed by atoms with Crippen LogP contribution in [-0.2, 0) is 9.47 Å². The third-order valence-electron chi connectivity index (χ3n) is 8.08. The van der Waals surface area contributed by atoms with Crippen molar-refractivity contribution in [2.75, 3.05) is 58.3 Å². The fourth-order valence-corrected chi connectivity index (χ4v) is 6.01. The van der Waals surface area contributed by atoms with E-state index in [2.05, 4.69) is 49.4 Å². The number of nitrogens with one attached hydrogen (secondary N) is 5. The highest BCUT2D eigenvalue weighted by Gasteiger charge is 2.45. The molecule has 10 heteroatoms. The molecule has 4 heterocycles. The van der Waals surface area contributed by atoms with E-state index >= 15 is 0 Å².